The van der Waals surface area contributed by atoms with E-state index < -0.39 is 0 Å². The zero-order valence-corrected chi connectivity index (χ0v) is 18.1. The van der Waals surface area contributed by atoms with Gasteiger partial charge in [-0.05, 0) is 42.6 Å². The van der Waals surface area contributed by atoms with Crippen molar-refractivity contribution in [2.24, 2.45) is 23.7 Å². The van der Waals surface area contributed by atoms with E-state index in [9.17, 15) is 0 Å². The quantitative estimate of drug-likeness (QED) is 0.326. The second-order valence-electron chi connectivity index (χ2n) is 8.58. The molecule has 0 spiro atoms. The molecule has 2 aliphatic carbocycles. The third-order valence-electron chi connectivity index (χ3n) is 6.65. The SMILES string of the molecule is CCC[C@H](OCc1ccccc1)[C@@H](CCC)O[C@@H](OC)[C@H]1C2C=C[C@H](C2)[C@@H]1C. The average Bonchev–Trinajstić information content (AvgIpc) is 3.31. The molecule has 0 saturated heterocycles. The van der Waals surface area contributed by atoms with Gasteiger partial charge in [-0.2, -0.15) is 0 Å². The summed E-state index contributed by atoms with van der Waals surface area (Å²) >= 11 is 0. The first kappa shape index (κ1) is 21.5. The van der Waals surface area contributed by atoms with Gasteiger partial charge in [-0.25, -0.2) is 0 Å². The summed E-state index contributed by atoms with van der Waals surface area (Å²) in [6.45, 7) is 7.44. The Bertz CT molecular complexity index is 599. The lowest BCUT2D eigenvalue weighted by atomic mass is 9.84. The fourth-order valence-electron chi connectivity index (χ4n) is 5.10. The van der Waals surface area contributed by atoms with E-state index in [-0.39, 0.29) is 18.5 Å². The van der Waals surface area contributed by atoms with Crippen LogP contribution in [0.2, 0.25) is 0 Å². The van der Waals surface area contributed by atoms with Crippen molar-refractivity contribution in [3.63, 3.8) is 0 Å². The Morgan fingerprint density at radius 1 is 0.964 bits per heavy atom. The number of benzene rings is 1. The second-order valence-corrected chi connectivity index (χ2v) is 8.58. The number of rotatable bonds is 12. The van der Waals surface area contributed by atoms with Crippen molar-refractivity contribution in [1.82, 2.24) is 0 Å². The van der Waals surface area contributed by atoms with E-state index >= 15 is 0 Å². The van der Waals surface area contributed by atoms with Crippen LogP contribution in [0.15, 0.2) is 42.5 Å². The number of methoxy groups -OCH3 is 1. The Kier molecular flexibility index (Phi) is 8.13. The number of hydrogen-bond acceptors (Lipinski definition) is 3. The van der Waals surface area contributed by atoms with Crippen molar-refractivity contribution >= 4 is 0 Å². The summed E-state index contributed by atoms with van der Waals surface area (Å²) in [4.78, 5) is 0. The summed E-state index contributed by atoms with van der Waals surface area (Å²) in [7, 11) is 1.80. The van der Waals surface area contributed by atoms with Crippen LogP contribution >= 0.6 is 0 Å². The number of fused-ring (bicyclic) bond motifs is 2. The number of hydrogen-bond donors (Lipinski definition) is 0. The lowest BCUT2D eigenvalue weighted by molar-refractivity contribution is -0.222. The second kappa shape index (κ2) is 10.6. The molecule has 3 heteroatoms. The third-order valence-corrected chi connectivity index (χ3v) is 6.65. The molecule has 156 valence electrons. The normalized spacial score (nSPS) is 29.1. The first-order valence-corrected chi connectivity index (χ1v) is 11.2. The van der Waals surface area contributed by atoms with Gasteiger partial charge in [0.05, 0.1) is 18.8 Å². The van der Waals surface area contributed by atoms with Gasteiger partial charge in [0.2, 0.25) is 0 Å². The predicted molar refractivity (Wildman–Crippen MR) is 114 cm³/mol. The summed E-state index contributed by atoms with van der Waals surface area (Å²) in [5, 5.41) is 0. The molecule has 3 nitrogen and oxygen atoms in total. The lowest BCUT2D eigenvalue weighted by Crippen LogP contribution is -2.41. The van der Waals surface area contributed by atoms with Gasteiger partial charge < -0.3 is 14.2 Å². The molecule has 3 rings (SSSR count). The van der Waals surface area contributed by atoms with Crippen molar-refractivity contribution < 1.29 is 14.2 Å². The molecular formula is C25H38O3. The highest BCUT2D eigenvalue weighted by molar-refractivity contribution is 5.14. The highest BCUT2D eigenvalue weighted by Gasteiger charge is 2.47. The van der Waals surface area contributed by atoms with Crippen LogP contribution in [0.1, 0.15) is 58.4 Å². The van der Waals surface area contributed by atoms with Crippen molar-refractivity contribution in [3.05, 3.63) is 48.0 Å². The highest BCUT2D eigenvalue weighted by atomic mass is 16.7. The minimum absolute atomic E-state index is 0.0777. The molecule has 2 aliphatic rings. The smallest absolute Gasteiger partial charge is 0.161 e. The molecule has 7 atom stereocenters. The number of ether oxygens (including phenoxy) is 3. The summed E-state index contributed by atoms with van der Waals surface area (Å²) in [6, 6.07) is 10.4. The molecule has 2 bridgehead atoms. The minimum Gasteiger partial charge on any atom is -0.371 e. The molecule has 0 aliphatic heterocycles. The summed E-state index contributed by atoms with van der Waals surface area (Å²) in [5.74, 6) is 2.37. The standard InChI is InChI=1S/C25H38O3/c1-5-10-22(27-17-19-12-8-7-9-13-19)23(11-6-2)28-25(26-4)24-18(3)20-14-15-21(24)16-20/h7-9,12-15,18,20-25H,5-6,10-11,16-17H2,1-4H3/t18-,20+,21?,22-,23+,24+,25+/m0/s1. The molecule has 1 aromatic rings. The van der Waals surface area contributed by atoms with Gasteiger partial charge in [-0.15, -0.1) is 0 Å². The van der Waals surface area contributed by atoms with E-state index in [2.05, 4.69) is 57.2 Å². The molecule has 0 radical (unpaired) electrons. The van der Waals surface area contributed by atoms with Gasteiger partial charge in [-0.1, -0.05) is 76.1 Å². The summed E-state index contributed by atoms with van der Waals surface area (Å²) in [5.41, 5.74) is 1.22. The predicted octanol–water partition coefficient (Wildman–Crippen LogP) is 5.99. The van der Waals surface area contributed by atoms with Crippen LogP contribution in [0.3, 0.4) is 0 Å². The molecule has 1 aromatic carbocycles. The van der Waals surface area contributed by atoms with Crippen LogP contribution in [0.4, 0.5) is 0 Å². The fourth-order valence-corrected chi connectivity index (χ4v) is 5.10. The van der Waals surface area contributed by atoms with Crippen LogP contribution in [0, 0.1) is 23.7 Å². The van der Waals surface area contributed by atoms with E-state index in [1.165, 1.54) is 12.0 Å². The third kappa shape index (κ3) is 5.06. The van der Waals surface area contributed by atoms with Crippen LogP contribution in [-0.2, 0) is 20.8 Å². The maximum Gasteiger partial charge on any atom is 0.161 e. The Morgan fingerprint density at radius 3 is 2.25 bits per heavy atom. The molecule has 1 unspecified atom stereocenters. The van der Waals surface area contributed by atoms with Gasteiger partial charge in [0.15, 0.2) is 6.29 Å². The molecule has 0 N–H and O–H groups in total. The Morgan fingerprint density at radius 2 is 1.64 bits per heavy atom. The minimum atomic E-state index is -0.147. The van der Waals surface area contributed by atoms with Crippen molar-refractivity contribution in [2.45, 2.75) is 78.0 Å². The van der Waals surface area contributed by atoms with Gasteiger partial charge >= 0.3 is 0 Å². The summed E-state index contributed by atoms with van der Waals surface area (Å²) < 4.78 is 19.0. The Balaban J connectivity index is 1.67. The summed E-state index contributed by atoms with van der Waals surface area (Å²) in [6.07, 6.45) is 10.3. The maximum atomic E-state index is 6.67. The van der Waals surface area contributed by atoms with E-state index in [4.69, 9.17) is 14.2 Å². The van der Waals surface area contributed by atoms with Crippen molar-refractivity contribution in [1.29, 1.82) is 0 Å². The van der Waals surface area contributed by atoms with Crippen LogP contribution in [-0.4, -0.2) is 25.6 Å². The topological polar surface area (TPSA) is 27.7 Å². The molecular weight excluding hydrogens is 348 g/mol. The molecule has 28 heavy (non-hydrogen) atoms. The molecule has 1 fully saturated rings. The fraction of sp³-hybridized carbons (Fsp3) is 0.680. The van der Waals surface area contributed by atoms with E-state index in [1.807, 2.05) is 6.07 Å². The zero-order valence-electron chi connectivity index (χ0n) is 18.1. The zero-order chi connectivity index (χ0) is 19.9. The Hall–Kier alpha value is -1.16. The van der Waals surface area contributed by atoms with E-state index in [1.54, 1.807) is 7.11 Å². The van der Waals surface area contributed by atoms with Crippen LogP contribution in [0.5, 0.6) is 0 Å². The average molecular weight is 387 g/mol. The van der Waals surface area contributed by atoms with Crippen LogP contribution < -0.4 is 0 Å². The molecule has 0 heterocycles. The maximum absolute atomic E-state index is 6.67. The van der Waals surface area contributed by atoms with E-state index in [0.717, 1.165) is 25.7 Å². The largest absolute Gasteiger partial charge is 0.371 e. The molecule has 0 amide bonds. The monoisotopic (exact) mass is 386 g/mol. The van der Waals surface area contributed by atoms with Crippen molar-refractivity contribution in [3.8, 4) is 0 Å². The van der Waals surface area contributed by atoms with Gasteiger partial charge in [-0.3, -0.25) is 0 Å². The van der Waals surface area contributed by atoms with Gasteiger partial charge in [0.25, 0.3) is 0 Å². The van der Waals surface area contributed by atoms with E-state index in [0.29, 0.717) is 30.3 Å². The van der Waals surface area contributed by atoms with Gasteiger partial charge in [0.1, 0.15) is 0 Å². The Labute approximate surface area is 171 Å². The first-order valence-electron chi connectivity index (χ1n) is 11.2. The van der Waals surface area contributed by atoms with Crippen LogP contribution in [0.25, 0.3) is 0 Å². The van der Waals surface area contributed by atoms with Crippen molar-refractivity contribution in [2.75, 3.05) is 7.11 Å². The first-order chi connectivity index (χ1) is 13.7. The number of allylic oxidation sites excluding steroid dienone is 2. The van der Waals surface area contributed by atoms with Gasteiger partial charge in [0, 0.05) is 13.0 Å². The lowest BCUT2D eigenvalue weighted by Gasteiger charge is -2.36. The highest BCUT2D eigenvalue weighted by Crippen LogP contribution is 2.50. The molecule has 0 aromatic heterocycles. The molecule has 1 saturated carbocycles.